The standard InChI is InChI=1S/C22H21FN4O4S2/c23-15-5-3-14(4-6-15)20(28)27-22-26-19-17(9-10-18(19)32-22)21(29)25-12-11-13-1-7-16(8-2-13)33(24,30)31/h1-8,17H,9-12H2,(H,25,29)(H2,24,30,31)(H,26,27,28). The third kappa shape index (κ3) is 5.44. The van der Waals surface area contributed by atoms with Gasteiger partial charge in [0.2, 0.25) is 15.9 Å². The highest BCUT2D eigenvalue weighted by atomic mass is 32.2. The van der Waals surface area contributed by atoms with Gasteiger partial charge >= 0.3 is 0 Å². The summed E-state index contributed by atoms with van der Waals surface area (Å²) in [7, 11) is -3.73. The number of rotatable bonds is 7. The Morgan fingerprint density at radius 1 is 1.12 bits per heavy atom. The SMILES string of the molecule is NS(=O)(=O)c1ccc(CCNC(=O)C2CCc3sc(NC(=O)c4ccc(F)cc4)nc32)cc1. The lowest BCUT2D eigenvalue weighted by atomic mass is 10.1. The lowest BCUT2D eigenvalue weighted by Crippen LogP contribution is -2.30. The molecule has 0 saturated heterocycles. The Kier molecular flexibility index (Phi) is 6.54. The minimum atomic E-state index is -3.73. The van der Waals surface area contributed by atoms with E-state index in [1.54, 1.807) is 12.1 Å². The van der Waals surface area contributed by atoms with Crippen LogP contribution in [0, 0.1) is 5.82 Å². The molecule has 3 aromatic rings. The monoisotopic (exact) mass is 488 g/mol. The molecular weight excluding hydrogens is 467 g/mol. The van der Waals surface area contributed by atoms with Gasteiger partial charge in [0.1, 0.15) is 5.82 Å². The molecule has 1 heterocycles. The quantitative estimate of drug-likeness (QED) is 0.470. The molecule has 0 spiro atoms. The Morgan fingerprint density at radius 2 is 1.82 bits per heavy atom. The lowest BCUT2D eigenvalue weighted by molar-refractivity contribution is -0.122. The highest BCUT2D eigenvalue weighted by molar-refractivity contribution is 7.89. The predicted octanol–water partition coefficient (Wildman–Crippen LogP) is 2.57. The summed E-state index contributed by atoms with van der Waals surface area (Å²) in [5.74, 6) is -1.35. The largest absolute Gasteiger partial charge is 0.355 e. The van der Waals surface area contributed by atoms with Gasteiger partial charge in [0.15, 0.2) is 5.13 Å². The van der Waals surface area contributed by atoms with Crippen LogP contribution in [0.15, 0.2) is 53.4 Å². The topological polar surface area (TPSA) is 131 Å². The minimum absolute atomic E-state index is 0.0413. The van der Waals surface area contributed by atoms with Gasteiger partial charge in [-0.25, -0.2) is 22.9 Å². The maximum Gasteiger partial charge on any atom is 0.257 e. The van der Waals surface area contributed by atoms with Gasteiger partial charge in [-0.1, -0.05) is 12.1 Å². The normalized spacial score (nSPS) is 15.2. The second kappa shape index (κ2) is 9.38. The molecule has 0 fully saturated rings. The highest BCUT2D eigenvalue weighted by Crippen LogP contribution is 2.38. The van der Waals surface area contributed by atoms with Crippen LogP contribution in [0.25, 0.3) is 0 Å². The van der Waals surface area contributed by atoms with Gasteiger partial charge < -0.3 is 5.32 Å². The molecule has 1 aliphatic carbocycles. The number of carbonyl (C=O) groups excluding carboxylic acids is 2. The number of benzene rings is 2. The number of hydrogen-bond acceptors (Lipinski definition) is 6. The first-order chi connectivity index (χ1) is 15.7. The molecule has 11 heteroatoms. The summed E-state index contributed by atoms with van der Waals surface area (Å²) >= 11 is 1.34. The van der Waals surface area contributed by atoms with Crippen molar-refractivity contribution in [3.8, 4) is 0 Å². The first kappa shape index (κ1) is 23.0. The van der Waals surface area contributed by atoms with E-state index in [0.717, 1.165) is 10.4 Å². The van der Waals surface area contributed by atoms with Crippen LogP contribution < -0.4 is 15.8 Å². The maximum absolute atomic E-state index is 13.0. The van der Waals surface area contributed by atoms with Crippen LogP contribution in [0.4, 0.5) is 9.52 Å². The molecule has 1 aromatic heterocycles. The molecule has 1 aliphatic rings. The van der Waals surface area contributed by atoms with Crippen LogP contribution in [0.2, 0.25) is 0 Å². The molecule has 2 amide bonds. The van der Waals surface area contributed by atoms with E-state index in [1.807, 2.05) is 0 Å². The number of anilines is 1. The number of nitrogens with one attached hydrogen (secondary N) is 2. The first-order valence-corrected chi connectivity index (χ1v) is 12.5. The minimum Gasteiger partial charge on any atom is -0.355 e. The Morgan fingerprint density at radius 3 is 2.48 bits per heavy atom. The van der Waals surface area contributed by atoms with Gasteiger partial charge in [0, 0.05) is 17.0 Å². The summed E-state index contributed by atoms with van der Waals surface area (Å²) in [5.41, 5.74) is 1.86. The number of amides is 2. The Bertz CT molecular complexity index is 1290. The fourth-order valence-electron chi connectivity index (χ4n) is 3.61. The number of nitrogens with zero attached hydrogens (tertiary/aromatic N) is 1. The van der Waals surface area contributed by atoms with Crippen LogP contribution in [0.1, 0.15) is 38.8 Å². The van der Waals surface area contributed by atoms with E-state index in [9.17, 15) is 22.4 Å². The first-order valence-electron chi connectivity index (χ1n) is 10.2. The van der Waals surface area contributed by atoms with Crippen LogP contribution in [-0.4, -0.2) is 31.8 Å². The summed E-state index contributed by atoms with van der Waals surface area (Å²) in [5, 5.41) is 11.1. The number of aryl methyl sites for hydroxylation is 1. The van der Waals surface area contributed by atoms with E-state index in [0.29, 0.717) is 42.2 Å². The van der Waals surface area contributed by atoms with Crippen molar-refractivity contribution < 1.29 is 22.4 Å². The number of sulfonamides is 1. The number of fused-ring (bicyclic) bond motifs is 1. The average Bonchev–Trinajstić information content (AvgIpc) is 3.34. The Hall–Kier alpha value is -3.15. The smallest absolute Gasteiger partial charge is 0.257 e. The van der Waals surface area contributed by atoms with E-state index in [4.69, 9.17) is 5.14 Å². The highest BCUT2D eigenvalue weighted by Gasteiger charge is 2.32. The van der Waals surface area contributed by atoms with Crippen LogP contribution in [-0.2, 0) is 27.7 Å². The number of aromatic nitrogens is 1. The summed E-state index contributed by atoms with van der Waals surface area (Å²) in [6.07, 6.45) is 1.88. The van der Waals surface area contributed by atoms with Gasteiger partial charge in [-0.3, -0.25) is 14.9 Å². The van der Waals surface area contributed by atoms with Crippen LogP contribution >= 0.6 is 11.3 Å². The molecule has 2 aromatic carbocycles. The fourth-order valence-corrected chi connectivity index (χ4v) is 5.15. The lowest BCUT2D eigenvalue weighted by Gasteiger charge is -2.11. The van der Waals surface area contributed by atoms with Gasteiger partial charge in [-0.2, -0.15) is 0 Å². The average molecular weight is 489 g/mol. The molecule has 0 bridgehead atoms. The predicted molar refractivity (Wildman–Crippen MR) is 122 cm³/mol. The third-order valence-corrected chi connectivity index (χ3v) is 7.30. The molecule has 0 radical (unpaired) electrons. The van der Waals surface area contributed by atoms with E-state index >= 15 is 0 Å². The van der Waals surface area contributed by atoms with Crippen molar-refractivity contribution in [3.05, 3.63) is 76.0 Å². The molecule has 8 nitrogen and oxygen atoms in total. The van der Waals surface area contributed by atoms with Crippen molar-refractivity contribution in [1.29, 1.82) is 0 Å². The van der Waals surface area contributed by atoms with Gasteiger partial charge in [0.25, 0.3) is 5.91 Å². The zero-order valence-electron chi connectivity index (χ0n) is 17.4. The van der Waals surface area contributed by atoms with Gasteiger partial charge in [-0.15, -0.1) is 11.3 Å². The third-order valence-electron chi connectivity index (χ3n) is 5.33. The van der Waals surface area contributed by atoms with Crippen molar-refractivity contribution >= 4 is 38.3 Å². The molecule has 0 aliphatic heterocycles. The fraction of sp³-hybridized carbons (Fsp3) is 0.227. The summed E-state index contributed by atoms with van der Waals surface area (Å²) in [6, 6.07) is 11.4. The Balaban J connectivity index is 1.33. The maximum atomic E-state index is 13.0. The molecular formula is C22H21FN4O4S2. The molecule has 1 unspecified atom stereocenters. The number of thiazole rings is 1. The van der Waals surface area contributed by atoms with E-state index in [-0.39, 0.29) is 10.8 Å². The molecule has 172 valence electrons. The second-order valence-electron chi connectivity index (χ2n) is 7.61. The molecule has 0 saturated carbocycles. The number of halogens is 1. The summed E-state index contributed by atoms with van der Waals surface area (Å²) in [4.78, 5) is 30.5. The molecule has 33 heavy (non-hydrogen) atoms. The second-order valence-corrected chi connectivity index (χ2v) is 10.3. The summed E-state index contributed by atoms with van der Waals surface area (Å²) < 4.78 is 35.7. The van der Waals surface area contributed by atoms with Crippen molar-refractivity contribution in [3.63, 3.8) is 0 Å². The van der Waals surface area contributed by atoms with E-state index in [1.165, 1.54) is 47.7 Å². The van der Waals surface area contributed by atoms with E-state index < -0.39 is 27.7 Å². The molecule has 4 rings (SSSR count). The van der Waals surface area contributed by atoms with Crippen molar-refractivity contribution in [2.75, 3.05) is 11.9 Å². The number of hydrogen-bond donors (Lipinski definition) is 3. The zero-order chi connectivity index (χ0) is 23.6. The summed E-state index contributed by atoms with van der Waals surface area (Å²) in [6.45, 7) is 0.387. The van der Waals surface area contributed by atoms with Gasteiger partial charge in [0.05, 0.1) is 16.5 Å². The van der Waals surface area contributed by atoms with Crippen molar-refractivity contribution in [2.24, 2.45) is 5.14 Å². The Labute approximate surface area is 194 Å². The van der Waals surface area contributed by atoms with Crippen molar-refractivity contribution in [1.82, 2.24) is 10.3 Å². The number of primary sulfonamides is 1. The molecule has 4 N–H and O–H groups in total. The van der Waals surface area contributed by atoms with Crippen molar-refractivity contribution in [2.45, 2.75) is 30.1 Å². The molecule has 1 atom stereocenters. The van der Waals surface area contributed by atoms with Crippen LogP contribution in [0.5, 0.6) is 0 Å². The van der Waals surface area contributed by atoms with Gasteiger partial charge in [-0.05, 0) is 61.2 Å². The number of nitrogens with two attached hydrogens (primary N) is 1. The van der Waals surface area contributed by atoms with Crippen LogP contribution in [0.3, 0.4) is 0 Å². The zero-order valence-corrected chi connectivity index (χ0v) is 19.0. The number of carbonyl (C=O) groups is 2. The van der Waals surface area contributed by atoms with E-state index in [2.05, 4.69) is 15.6 Å².